The highest BCUT2D eigenvalue weighted by atomic mass is 16.5. The van der Waals surface area contributed by atoms with E-state index < -0.39 is 24.0 Å². The van der Waals surface area contributed by atoms with Crippen LogP contribution in [0.1, 0.15) is 31.1 Å². The highest BCUT2D eigenvalue weighted by molar-refractivity contribution is 5.98. The van der Waals surface area contributed by atoms with Gasteiger partial charge in [0, 0.05) is 50.2 Å². The highest BCUT2D eigenvalue weighted by Crippen LogP contribution is 2.23. The molecule has 11 heteroatoms. The number of ether oxygens (including phenoxy) is 3. The smallest absolute Gasteiger partial charge is 0.329 e. The number of nitrogens with one attached hydrogen (secondary N) is 1. The first-order valence-corrected chi connectivity index (χ1v) is 11.8. The molecule has 2 amide bonds. The van der Waals surface area contributed by atoms with Gasteiger partial charge in [-0.25, -0.2) is 14.8 Å². The molecule has 11 nitrogen and oxygen atoms in total. The fourth-order valence-electron chi connectivity index (χ4n) is 3.80. The van der Waals surface area contributed by atoms with E-state index in [1.807, 2.05) is 4.90 Å². The number of amides is 2. The van der Waals surface area contributed by atoms with Crippen molar-refractivity contribution in [3.05, 3.63) is 42.2 Å². The second-order valence-corrected chi connectivity index (χ2v) is 8.74. The fourth-order valence-corrected chi connectivity index (χ4v) is 3.80. The zero-order valence-electron chi connectivity index (χ0n) is 21.3. The summed E-state index contributed by atoms with van der Waals surface area (Å²) in [6.45, 7) is 7.18. The third-order valence-corrected chi connectivity index (χ3v) is 5.89. The van der Waals surface area contributed by atoms with Gasteiger partial charge in [0.25, 0.3) is 11.8 Å². The van der Waals surface area contributed by atoms with E-state index in [4.69, 9.17) is 14.2 Å². The molecule has 1 saturated heterocycles. The van der Waals surface area contributed by atoms with Crippen molar-refractivity contribution in [3.8, 4) is 11.5 Å². The predicted octanol–water partition coefficient (Wildman–Crippen LogP) is 1.53. The van der Waals surface area contributed by atoms with Gasteiger partial charge in [-0.05, 0) is 31.0 Å². The van der Waals surface area contributed by atoms with Crippen molar-refractivity contribution in [3.63, 3.8) is 0 Å². The Morgan fingerprint density at radius 1 is 0.917 bits per heavy atom. The number of carbonyl (C=O) groups excluding carboxylic acids is 3. The Morgan fingerprint density at radius 3 is 2.03 bits per heavy atom. The molecular formula is C25H33N5O6. The quantitative estimate of drug-likeness (QED) is 0.512. The Kier molecular flexibility index (Phi) is 9.04. The average Bonchev–Trinajstić information content (AvgIpc) is 2.90. The third kappa shape index (κ3) is 6.61. The zero-order chi connectivity index (χ0) is 26.2. The lowest BCUT2D eigenvalue weighted by molar-refractivity contribution is -0.161. The summed E-state index contributed by atoms with van der Waals surface area (Å²) >= 11 is 0. The zero-order valence-corrected chi connectivity index (χ0v) is 21.3. The van der Waals surface area contributed by atoms with E-state index in [0.29, 0.717) is 43.6 Å². The van der Waals surface area contributed by atoms with Gasteiger partial charge >= 0.3 is 5.97 Å². The molecule has 1 N–H and O–H groups in total. The average molecular weight is 500 g/mol. The van der Waals surface area contributed by atoms with Crippen LogP contribution in [-0.4, -0.2) is 85.2 Å². The van der Waals surface area contributed by atoms with Gasteiger partial charge in [0.2, 0.25) is 5.95 Å². The van der Waals surface area contributed by atoms with Crippen LogP contribution in [0.15, 0.2) is 36.7 Å². The number of nitrogens with zero attached hydrogens (tertiary/aromatic N) is 4. The molecule has 2 atom stereocenters. The van der Waals surface area contributed by atoms with E-state index in [0.717, 1.165) is 0 Å². The second-order valence-electron chi connectivity index (χ2n) is 8.74. The van der Waals surface area contributed by atoms with Crippen LogP contribution in [0.2, 0.25) is 0 Å². The normalized spacial score (nSPS) is 15.2. The molecular weight excluding hydrogens is 466 g/mol. The van der Waals surface area contributed by atoms with Crippen molar-refractivity contribution in [1.29, 1.82) is 0 Å². The summed E-state index contributed by atoms with van der Waals surface area (Å²) in [7, 11) is 2.97. The van der Waals surface area contributed by atoms with Crippen LogP contribution in [0.3, 0.4) is 0 Å². The van der Waals surface area contributed by atoms with Crippen LogP contribution < -0.4 is 19.7 Å². The van der Waals surface area contributed by atoms with Gasteiger partial charge in [0.05, 0.1) is 14.2 Å². The standard InChI is InChI=1S/C25H33N5O6/c1-16(2)21(28-22(31)18-13-19(34-4)15-20(14-18)35-5)24(33)36-17(3)23(32)29-9-11-30(12-10-29)25-26-7-6-8-27-25/h6-8,13-17,21H,9-12H2,1-5H3,(H,28,31)/t17?,21-/m0/s1. The van der Waals surface area contributed by atoms with Crippen LogP contribution in [0.4, 0.5) is 5.95 Å². The van der Waals surface area contributed by atoms with Crippen LogP contribution in [0.5, 0.6) is 11.5 Å². The molecule has 1 aromatic carbocycles. The maximum Gasteiger partial charge on any atom is 0.329 e. The third-order valence-electron chi connectivity index (χ3n) is 5.89. The molecule has 0 saturated carbocycles. The Hall–Kier alpha value is -3.89. The van der Waals surface area contributed by atoms with Crippen LogP contribution >= 0.6 is 0 Å². The van der Waals surface area contributed by atoms with Crippen molar-refractivity contribution >= 4 is 23.7 Å². The second kappa shape index (κ2) is 12.2. The Bertz CT molecular complexity index is 1030. The number of rotatable bonds is 9. The van der Waals surface area contributed by atoms with Gasteiger partial charge in [0.1, 0.15) is 17.5 Å². The molecule has 0 aliphatic carbocycles. The summed E-state index contributed by atoms with van der Waals surface area (Å²) in [6.07, 6.45) is 2.36. The number of anilines is 1. The highest BCUT2D eigenvalue weighted by Gasteiger charge is 2.32. The van der Waals surface area contributed by atoms with E-state index in [9.17, 15) is 14.4 Å². The van der Waals surface area contributed by atoms with E-state index >= 15 is 0 Å². The van der Waals surface area contributed by atoms with E-state index in [1.165, 1.54) is 14.2 Å². The molecule has 2 aromatic rings. The van der Waals surface area contributed by atoms with Gasteiger partial charge in [0.15, 0.2) is 6.10 Å². The molecule has 1 fully saturated rings. The Balaban J connectivity index is 1.59. The molecule has 0 bridgehead atoms. The molecule has 2 heterocycles. The SMILES string of the molecule is COc1cc(OC)cc(C(=O)N[C@H](C(=O)OC(C)C(=O)N2CCN(c3ncccn3)CC2)C(C)C)c1. The Labute approximate surface area is 210 Å². The van der Waals surface area contributed by atoms with Crippen LogP contribution in [-0.2, 0) is 14.3 Å². The number of piperazine rings is 1. The first-order chi connectivity index (χ1) is 17.2. The maximum absolute atomic E-state index is 13.0. The number of aromatic nitrogens is 2. The molecule has 194 valence electrons. The number of esters is 1. The van der Waals surface area contributed by atoms with Crippen molar-refractivity contribution < 1.29 is 28.6 Å². The maximum atomic E-state index is 13.0. The number of hydrogen-bond acceptors (Lipinski definition) is 9. The van der Waals surface area contributed by atoms with Gasteiger partial charge in [-0.2, -0.15) is 0 Å². The lowest BCUT2D eigenvalue weighted by atomic mass is 10.0. The first kappa shape index (κ1) is 26.7. The van der Waals surface area contributed by atoms with E-state index in [-0.39, 0.29) is 17.4 Å². The first-order valence-electron chi connectivity index (χ1n) is 11.8. The molecule has 36 heavy (non-hydrogen) atoms. The van der Waals surface area contributed by atoms with Crippen molar-refractivity contribution in [2.75, 3.05) is 45.3 Å². The largest absolute Gasteiger partial charge is 0.497 e. The van der Waals surface area contributed by atoms with Gasteiger partial charge in [-0.15, -0.1) is 0 Å². The van der Waals surface area contributed by atoms with Crippen molar-refractivity contribution in [2.24, 2.45) is 5.92 Å². The molecule has 0 radical (unpaired) electrons. The fraction of sp³-hybridized carbons (Fsp3) is 0.480. The van der Waals surface area contributed by atoms with Gasteiger partial charge in [-0.1, -0.05) is 13.8 Å². The molecule has 1 aliphatic heterocycles. The van der Waals surface area contributed by atoms with Crippen molar-refractivity contribution in [2.45, 2.75) is 32.9 Å². The predicted molar refractivity (Wildman–Crippen MR) is 132 cm³/mol. The molecule has 1 aliphatic rings. The summed E-state index contributed by atoms with van der Waals surface area (Å²) in [6, 6.07) is 5.54. The summed E-state index contributed by atoms with van der Waals surface area (Å²) in [5.74, 6) is -0.212. The molecule has 1 aromatic heterocycles. The topological polar surface area (TPSA) is 123 Å². The number of methoxy groups -OCH3 is 2. The van der Waals surface area contributed by atoms with E-state index in [2.05, 4.69) is 15.3 Å². The molecule has 1 unspecified atom stereocenters. The number of hydrogen-bond donors (Lipinski definition) is 1. The monoisotopic (exact) mass is 499 g/mol. The minimum absolute atomic E-state index is 0.272. The summed E-state index contributed by atoms with van der Waals surface area (Å²) in [4.78, 5) is 50.9. The minimum atomic E-state index is -0.993. The summed E-state index contributed by atoms with van der Waals surface area (Å²) < 4.78 is 15.9. The number of carbonyl (C=O) groups is 3. The summed E-state index contributed by atoms with van der Waals surface area (Å²) in [5, 5.41) is 2.71. The van der Waals surface area contributed by atoms with Gasteiger partial charge in [-0.3, -0.25) is 9.59 Å². The molecule has 3 rings (SSSR count). The minimum Gasteiger partial charge on any atom is -0.497 e. The van der Waals surface area contributed by atoms with Crippen molar-refractivity contribution in [1.82, 2.24) is 20.2 Å². The van der Waals surface area contributed by atoms with Crippen LogP contribution in [0.25, 0.3) is 0 Å². The van der Waals surface area contributed by atoms with Gasteiger partial charge < -0.3 is 29.3 Å². The van der Waals surface area contributed by atoms with E-state index in [1.54, 1.807) is 62.3 Å². The molecule has 0 spiro atoms. The lowest BCUT2D eigenvalue weighted by Gasteiger charge is -2.35. The summed E-state index contributed by atoms with van der Waals surface area (Å²) in [5.41, 5.74) is 0.272. The lowest BCUT2D eigenvalue weighted by Crippen LogP contribution is -2.53. The van der Waals surface area contributed by atoms with Crippen LogP contribution in [0, 0.1) is 5.92 Å². The Morgan fingerprint density at radius 2 is 1.50 bits per heavy atom. The number of benzene rings is 1.